The molecule has 1 heterocycles. The van der Waals surface area contributed by atoms with Crippen LogP contribution in [0, 0.1) is 17.3 Å². The highest BCUT2D eigenvalue weighted by molar-refractivity contribution is 4.94. The second-order valence-electron chi connectivity index (χ2n) is 7.34. The molecule has 1 aromatic heterocycles. The number of nitrogens with two attached hydrogens (primary N) is 1. The highest BCUT2D eigenvalue weighted by atomic mass is 15.3. The summed E-state index contributed by atoms with van der Waals surface area (Å²) in [6.07, 6.45) is 4.16. The first-order chi connectivity index (χ1) is 9.24. The molecular formula is C16H32N4. The molecule has 1 unspecified atom stereocenters. The van der Waals surface area contributed by atoms with Crippen molar-refractivity contribution in [1.82, 2.24) is 14.8 Å². The molecular weight excluding hydrogens is 248 g/mol. The Morgan fingerprint density at radius 2 is 1.85 bits per heavy atom. The smallest absolute Gasteiger partial charge is 0.151 e. The molecule has 116 valence electrons. The zero-order chi connectivity index (χ0) is 15.3. The lowest BCUT2D eigenvalue weighted by molar-refractivity contribution is 0.213. The maximum Gasteiger partial charge on any atom is 0.151 e. The fraction of sp³-hybridized carbons (Fsp3) is 0.875. The Kier molecular flexibility index (Phi) is 6.18. The number of aryl methyl sites for hydroxylation is 2. The van der Waals surface area contributed by atoms with Gasteiger partial charge in [0.2, 0.25) is 0 Å². The Balaban J connectivity index is 2.66. The predicted molar refractivity (Wildman–Crippen MR) is 84.5 cm³/mol. The van der Waals surface area contributed by atoms with E-state index in [1.54, 1.807) is 0 Å². The predicted octanol–water partition coefficient (Wildman–Crippen LogP) is 2.96. The molecule has 4 heteroatoms. The SMILES string of the molecule is CC(C)Cc1nc(CCC(CCN)C(C)(C)C)n(C)n1. The summed E-state index contributed by atoms with van der Waals surface area (Å²) in [5.41, 5.74) is 6.06. The van der Waals surface area contributed by atoms with E-state index in [-0.39, 0.29) is 0 Å². The Bertz CT molecular complexity index is 401. The van der Waals surface area contributed by atoms with Gasteiger partial charge in [-0.1, -0.05) is 34.6 Å². The van der Waals surface area contributed by atoms with Crippen LogP contribution in [0.4, 0.5) is 0 Å². The zero-order valence-electron chi connectivity index (χ0n) is 14.1. The molecule has 0 aliphatic carbocycles. The molecule has 1 rings (SSSR count). The summed E-state index contributed by atoms with van der Waals surface area (Å²) in [4.78, 5) is 4.68. The highest BCUT2D eigenvalue weighted by Crippen LogP contribution is 2.32. The third-order valence-corrected chi connectivity index (χ3v) is 3.94. The second kappa shape index (κ2) is 7.21. The summed E-state index contributed by atoms with van der Waals surface area (Å²) >= 11 is 0. The molecule has 4 nitrogen and oxygen atoms in total. The van der Waals surface area contributed by atoms with Crippen molar-refractivity contribution >= 4 is 0 Å². The van der Waals surface area contributed by atoms with Crippen LogP contribution < -0.4 is 5.73 Å². The largest absolute Gasteiger partial charge is 0.330 e. The van der Waals surface area contributed by atoms with Crippen molar-refractivity contribution in [2.24, 2.45) is 30.0 Å². The second-order valence-corrected chi connectivity index (χ2v) is 7.34. The average molecular weight is 280 g/mol. The van der Waals surface area contributed by atoms with Crippen LogP contribution in [0.15, 0.2) is 0 Å². The molecule has 0 aliphatic rings. The van der Waals surface area contributed by atoms with Crippen LogP contribution in [-0.2, 0) is 19.9 Å². The summed E-state index contributed by atoms with van der Waals surface area (Å²) in [5, 5.41) is 4.52. The Hall–Kier alpha value is -0.900. The van der Waals surface area contributed by atoms with Gasteiger partial charge in [-0.05, 0) is 36.6 Å². The lowest BCUT2D eigenvalue weighted by atomic mass is 9.76. The van der Waals surface area contributed by atoms with Crippen molar-refractivity contribution in [3.05, 3.63) is 11.6 Å². The van der Waals surface area contributed by atoms with E-state index in [2.05, 4.69) is 44.7 Å². The lowest BCUT2D eigenvalue weighted by Crippen LogP contribution is -2.24. The molecule has 20 heavy (non-hydrogen) atoms. The number of hydrogen-bond acceptors (Lipinski definition) is 3. The number of nitrogens with zero attached hydrogens (tertiary/aromatic N) is 3. The van der Waals surface area contributed by atoms with Gasteiger partial charge in [0.1, 0.15) is 5.82 Å². The van der Waals surface area contributed by atoms with Crippen LogP contribution in [0.25, 0.3) is 0 Å². The van der Waals surface area contributed by atoms with Gasteiger partial charge in [-0.25, -0.2) is 4.98 Å². The lowest BCUT2D eigenvalue weighted by Gasteiger charge is -2.30. The third kappa shape index (κ3) is 5.23. The van der Waals surface area contributed by atoms with E-state index in [4.69, 9.17) is 5.73 Å². The van der Waals surface area contributed by atoms with E-state index >= 15 is 0 Å². The number of aromatic nitrogens is 3. The molecule has 0 radical (unpaired) electrons. The summed E-state index contributed by atoms with van der Waals surface area (Å²) in [7, 11) is 2.00. The minimum absolute atomic E-state index is 0.304. The van der Waals surface area contributed by atoms with Gasteiger partial charge in [0.15, 0.2) is 5.82 Å². The van der Waals surface area contributed by atoms with Crippen LogP contribution in [0.3, 0.4) is 0 Å². The van der Waals surface area contributed by atoms with E-state index < -0.39 is 0 Å². The zero-order valence-corrected chi connectivity index (χ0v) is 14.1. The Labute approximate surface area is 124 Å². The van der Waals surface area contributed by atoms with Crippen LogP contribution >= 0.6 is 0 Å². The van der Waals surface area contributed by atoms with Crippen LogP contribution in [0.5, 0.6) is 0 Å². The average Bonchev–Trinajstić information content (AvgIpc) is 2.62. The van der Waals surface area contributed by atoms with Gasteiger partial charge < -0.3 is 5.73 Å². The first-order valence-corrected chi connectivity index (χ1v) is 7.83. The van der Waals surface area contributed by atoms with Gasteiger partial charge in [0.25, 0.3) is 0 Å². The topological polar surface area (TPSA) is 56.7 Å². The molecule has 0 aliphatic heterocycles. The van der Waals surface area contributed by atoms with Gasteiger partial charge in [-0.15, -0.1) is 0 Å². The van der Waals surface area contributed by atoms with Gasteiger partial charge in [0.05, 0.1) is 0 Å². The highest BCUT2D eigenvalue weighted by Gasteiger charge is 2.24. The number of hydrogen-bond donors (Lipinski definition) is 1. The first-order valence-electron chi connectivity index (χ1n) is 7.83. The number of rotatable bonds is 7. The fourth-order valence-corrected chi connectivity index (χ4v) is 2.66. The monoisotopic (exact) mass is 280 g/mol. The third-order valence-electron chi connectivity index (χ3n) is 3.94. The van der Waals surface area contributed by atoms with E-state index in [1.807, 2.05) is 11.7 Å². The molecule has 0 aromatic carbocycles. The molecule has 0 fully saturated rings. The minimum atomic E-state index is 0.304. The maximum absolute atomic E-state index is 5.75. The minimum Gasteiger partial charge on any atom is -0.330 e. The standard InChI is InChI=1S/C16H32N4/c1-12(2)11-14-18-15(20(6)19-14)8-7-13(9-10-17)16(3,4)5/h12-13H,7-11,17H2,1-6H3. The molecule has 1 aromatic rings. The van der Waals surface area contributed by atoms with Crippen LogP contribution in [0.1, 0.15) is 59.1 Å². The van der Waals surface area contributed by atoms with Crippen molar-refractivity contribution in [1.29, 1.82) is 0 Å². The quantitative estimate of drug-likeness (QED) is 0.835. The first kappa shape index (κ1) is 17.2. The van der Waals surface area contributed by atoms with E-state index in [0.717, 1.165) is 43.9 Å². The summed E-state index contributed by atoms with van der Waals surface area (Å²) in [6.45, 7) is 12.1. The van der Waals surface area contributed by atoms with Crippen molar-refractivity contribution in [3.8, 4) is 0 Å². The van der Waals surface area contributed by atoms with Crippen molar-refractivity contribution in [3.63, 3.8) is 0 Å². The van der Waals surface area contributed by atoms with Crippen molar-refractivity contribution in [2.45, 2.75) is 60.3 Å². The van der Waals surface area contributed by atoms with Crippen molar-refractivity contribution < 1.29 is 0 Å². The van der Waals surface area contributed by atoms with Crippen molar-refractivity contribution in [2.75, 3.05) is 6.54 Å². The summed E-state index contributed by atoms with van der Waals surface area (Å²) in [6, 6.07) is 0. The van der Waals surface area contributed by atoms with E-state index in [1.165, 1.54) is 0 Å². The van der Waals surface area contributed by atoms with E-state index in [9.17, 15) is 0 Å². The summed E-state index contributed by atoms with van der Waals surface area (Å²) < 4.78 is 1.94. The van der Waals surface area contributed by atoms with Gasteiger partial charge in [-0.3, -0.25) is 4.68 Å². The molecule has 0 bridgehead atoms. The normalized spacial score (nSPS) is 14.0. The van der Waals surface area contributed by atoms with Crippen LogP contribution in [0.2, 0.25) is 0 Å². The van der Waals surface area contributed by atoms with E-state index in [0.29, 0.717) is 17.3 Å². The molecule has 0 amide bonds. The van der Waals surface area contributed by atoms with Gasteiger partial charge >= 0.3 is 0 Å². The maximum atomic E-state index is 5.75. The molecule has 0 spiro atoms. The molecule has 0 saturated carbocycles. The fourth-order valence-electron chi connectivity index (χ4n) is 2.66. The van der Waals surface area contributed by atoms with Crippen LogP contribution in [-0.4, -0.2) is 21.3 Å². The summed E-state index contributed by atoms with van der Waals surface area (Å²) in [5.74, 6) is 3.32. The van der Waals surface area contributed by atoms with Gasteiger partial charge in [-0.2, -0.15) is 5.10 Å². The Morgan fingerprint density at radius 1 is 1.20 bits per heavy atom. The van der Waals surface area contributed by atoms with Gasteiger partial charge in [0, 0.05) is 19.9 Å². The molecule has 2 N–H and O–H groups in total. The molecule has 1 atom stereocenters. The molecule has 0 saturated heterocycles. The Morgan fingerprint density at radius 3 is 2.35 bits per heavy atom.